The predicted molar refractivity (Wildman–Crippen MR) is 74.0 cm³/mol. The summed E-state index contributed by atoms with van der Waals surface area (Å²) in [5, 5.41) is 0. The Kier molecular flexibility index (Phi) is 3.01. The van der Waals surface area contributed by atoms with Crippen molar-refractivity contribution < 1.29 is 0 Å². The van der Waals surface area contributed by atoms with E-state index in [0.717, 1.165) is 27.9 Å². The number of hydrogen-bond acceptors (Lipinski definition) is 2. The molecule has 1 aliphatic carbocycles. The van der Waals surface area contributed by atoms with Crippen LogP contribution in [0.5, 0.6) is 0 Å². The van der Waals surface area contributed by atoms with Crippen molar-refractivity contribution in [1.82, 2.24) is 9.97 Å². The van der Waals surface area contributed by atoms with Crippen molar-refractivity contribution in [3.05, 3.63) is 56.5 Å². The Morgan fingerprint density at radius 2 is 1.47 bits per heavy atom. The van der Waals surface area contributed by atoms with E-state index in [1.807, 2.05) is 6.07 Å². The molecular formula is C13H10Br2N2. The van der Waals surface area contributed by atoms with Crippen molar-refractivity contribution in [3.8, 4) is 0 Å². The van der Waals surface area contributed by atoms with Gasteiger partial charge in [-0.2, -0.15) is 0 Å². The third-order valence-corrected chi connectivity index (χ3v) is 3.91. The van der Waals surface area contributed by atoms with Crippen LogP contribution < -0.4 is 0 Å². The highest BCUT2D eigenvalue weighted by Crippen LogP contribution is 2.33. The molecule has 1 aromatic carbocycles. The summed E-state index contributed by atoms with van der Waals surface area (Å²) in [6.07, 6.45) is 2.08. The second kappa shape index (κ2) is 4.50. The molecule has 0 unspecified atom stereocenters. The molecule has 0 spiro atoms. The fourth-order valence-electron chi connectivity index (χ4n) is 2.33. The Morgan fingerprint density at radius 1 is 0.941 bits per heavy atom. The lowest BCUT2D eigenvalue weighted by molar-refractivity contribution is 0.676. The molecule has 1 aliphatic rings. The second-order valence-corrected chi connectivity index (χ2v) is 5.87. The Balaban J connectivity index is 1.93. The summed E-state index contributed by atoms with van der Waals surface area (Å²) in [7, 11) is 0. The first-order valence-electron chi connectivity index (χ1n) is 5.49. The van der Waals surface area contributed by atoms with Gasteiger partial charge in [-0.15, -0.1) is 0 Å². The monoisotopic (exact) mass is 352 g/mol. The van der Waals surface area contributed by atoms with Gasteiger partial charge in [-0.3, -0.25) is 0 Å². The van der Waals surface area contributed by atoms with Gasteiger partial charge in [-0.05, 0) is 55.8 Å². The van der Waals surface area contributed by atoms with Crippen LogP contribution in [0.25, 0.3) is 0 Å². The first-order valence-corrected chi connectivity index (χ1v) is 7.08. The minimum absolute atomic E-state index is 0.404. The number of rotatable bonds is 1. The summed E-state index contributed by atoms with van der Waals surface area (Å²) in [5.74, 6) is 1.32. The fourth-order valence-corrected chi connectivity index (χ4v) is 3.43. The molecule has 2 nitrogen and oxygen atoms in total. The molecule has 0 N–H and O–H groups in total. The summed E-state index contributed by atoms with van der Waals surface area (Å²) in [4.78, 5) is 8.95. The van der Waals surface area contributed by atoms with E-state index in [1.165, 1.54) is 11.1 Å². The van der Waals surface area contributed by atoms with Crippen molar-refractivity contribution in [2.45, 2.75) is 18.8 Å². The van der Waals surface area contributed by atoms with Crippen LogP contribution in [-0.2, 0) is 12.8 Å². The lowest BCUT2D eigenvalue weighted by Crippen LogP contribution is -2.04. The van der Waals surface area contributed by atoms with E-state index in [-0.39, 0.29) is 0 Å². The predicted octanol–water partition coefficient (Wildman–Crippen LogP) is 3.88. The Bertz CT molecular complexity index is 524. The number of halogens is 2. The Morgan fingerprint density at radius 3 is 2.00 bits per heavy atom. The minimum Gasteiger partial charge on any atom is -0.226 e. The van der Waals surface area contributed by atoms with E-state index in [9.17, 15) is 0 Å². The largest absolute Gasteiger partial charge is 0.226 e. The number of benzene rings is 1. The van der Waals surface area contributed by atoms with Crippen LogP contribution in [0.3, 0.4) is 0 Å². The van der Waals surface area contributed by atoms with Gasteiger partial charge in [-0.25, -0.2) is 9.97 Å². The van der Waals surface area contributed by atoms with Crippen LogP contribution in [0.1, 0.15) is 22.9 Å². The Labute approximate surface area is 117 Å². The van der Waals surface area contributed by atoms with Gasteiger partial charge >= 0.3 is 0 Å². The molecule has 0 aliphatic heterocycles. The van der Waals surface area contributed by atoms with Gasteiger partial charge in [0.15, 0.2) is 0 Å². The molecule has 0 saturated heterocycles. The third-order valence-electron chi connectivity index (χ3n) is 3.10. The molecule has 0 atom stereocenters. The Hall–Kier alpha value is -0.740. The summed E-state index contributed by atoms with van der Waals surface area (Å²) >= 11 is 6.83. The molecule has 0 fully saturated rings. The number of nitrogens with zero attached hydrogens (tertiary/aromatic N) is 2. The van der Waals surface area contributed by atoms with Crippen LogP contribution in [0.15, 0.2) is 39.5 Å². The minimum atomic E-state index is 0.404. The molecule has 1 aromatic heterocycles. The first-order chi connectivity index (χ1) is 8.22. The van der Waals surface area contributed by atoms with Gasteiger partial charge in [-0.1, -0.05) is 24.3 Å². The highest BCUT2D eigenvalue weighted by Gasteiger charge is 2.24. The van der Waals surface area contributed by atoms with Gasteiger partial charge in [0.05, 0.1) is 0 Å². The van der Waals surface area contributed by atoms with Crippen LogP contribution >= 0.6 is 31.9 Å². The fraction of sp³-hybridized carbons (Fsp3) is 0.231. The van der Waals surface area contributed by atoms with Crippen molar-refractivity contribution in [2.24, 2.45) is 0 Å². The second-order valence-electron chi connectivity index (χ2n) is 4.25. The quantitative estimate of drug-likeness (QED) is 0.727. The molecule has 17 heavy (non-hydrogen) atoms. The molecular weight excluding hydrogens is 344 g/mol. The number of fused-ring (bicyclic) bond motifs is 1. The highest BCUT2D eigenvalue weighted by atomic mass is 79.9. The smallest absolute Gasteiger partial charge is 0.134 e. The van der Waals surface area contributed by atoms with E-state index < -0.39 is 0 Å². The van der Waals surface area contributed by atoms with Crippen molar-refractivity contribution in [3.63, 3.8) is 0 Å². The zero-order valence-corrected chi connectivity index (χ0v) is 12.2. The standard InChI is InChI=1S/C13H10Br2N2/c14-11-7-12(15)17-13(16-11)10-5-8-3-1-2-4-9(8)6-10/h1-4,7,10H,5-6H2. The lowest BCUT2D eigenvalue weighted by atomic mass is 10.1. The topological polar surface area (TPSA) is 25.8 Å². The van der Waals surface area contributed by atoms with Crippen LogP contribution in [-0.4, -0.2) is 9.97 Å². The third kappa shape index (κ3) is 2.29. The molecule has 3 rings (SSSR count). The molecule has 0 amide bonds. The summed E-state index contributed by atoms with van der Waals surface area (Å²) in [5.41, 5.74) is 2.86. The van der Waals surface area contributed by atoms with E-state index in [1.54, 1.807) is 0 Å². The van der Waals surface area contributed by atoms with Crippen LogP contribution in [0, 0.1) is 0 Å². The van der Waals surface area contributed by atoms with Crippen molar-refractivity contribution >= 4 is 31.9 Å². The van der Waals surface area contributed by atoms with Gasteiger partial charge in [0, 0.05) is 12.0 Å². The molecule has 0 bridgehead atoms. The normalized spacial score (nSPS) is 14.9. The number of hydrogen-bond donors (Lipinski definition) is 0. The van der Waals surface area contributed by atoms with Gasteiger partial charge < -0.3 is 0 Å². The zero-order chi connectivity index (χ0) is 11.8. The van der Waals surface area contributed by atoms with Gasteiger partial charge in [0.1, 0.15) is 15.0 Å². The maximum atomic E-state index is 4.47. The molecule has 0 saturated carbocycles. The SMILES string of the molecule is Brc1cc(Br)nc(C2Cc3ccccc3C2)n1. The van der Waals surface area contributed by atoms with Crippen LogP contribution in [0.4, 0.5) is 0 Å². The number of aromatic nitrogens is 2. The molecule has 4 heteroatoms. The van der Waals surface area contributed by atoms with E-state index >= 15 is 0 Å². The molecule has 1 heterocycles. The highest BCUT2D eigenvalue weighted by molar-refractivity contribution is 9.11. The van der Waals surface area contributed by atoms with Gasteiger partial charge in [0.2, 0.25) is 0 Å². The maximum Gasteiger partial charge on any atom is 0.134 e. The van der Waals surface area contributed by atoms with E-state index in [2.05, 4.69) is 66.1 Å². The van der Waals surface area contributed by atoms with E-state index in [4.69, 9.17) is 0 Å². The van der Waals surface area contributed by atoms with Crippen molar-refractivity contribution in [1.29, 1.82) is 0 Å². The summed E-state index contributed by atoms with van der Waals surface area (Å²) < 4.78 is 1.68. The average molecular weight is 354 g/mol. The molecule has 2 aromatic rings. The summed E-state index contributed by atoms with van der Waals surface area (Å²) in [6.45, 7) is 0. The average Bonchev–Trinajstić information content (AvgIpc) is 2.71. The van der Waals surface area contributed by atoms with E-state index in [0.29, 0.717) is 5.92 Å². The van der Waals surface area contributed by atoms with Crippen LogP contribution in [0.2, 0.25) is 0 Å². The molecule has 86 valence electrons. The zero-order valence-electron chi connectivity index (χ0n) is 9.03. The van der Waals surface area contributed by atoms with Crippen molar-refractivity contribution in [2.75, 3.05) is 0 Å². The first kappa shape index (κ1) is 11.4. The lowest BCUT2D eigenvalue weighted by Gasteiger charge is -2.07. The molecule has 0 radical (unpaired) electrons. The maximum absolute atomic E-state index is 4.47. The van der Waals surface area contributed by atoms with Gasteiger partial charge in [0.25, 0.3) is 0 Å². The summed E-state index contributed by atoms with van der Waals surface area (Å²) in [6, 6.07) is 10.5.